The predicted molar refractivity (Wildman–Crippen MR) is 50.5 cm³/mol. The highest BCUT2D eigenvalue weighted by atomic mass is 32.2. The predicted octanol–water partition coefficient (Wildman–Crippen LogP) is 2.65. The van der Waals surface area contributed by atoms with E-state index in [1.165, 1.54) is 0 Å². The summed E-state index contributed by atoms with van der Waals surface area (Å²) in [4.78, 5) is 0. The van der Waals surface area contributed by atoms with E-state index in [0.717, 1.165) is 4.21 Å². The van der Waals surface area contributed by atoms with Crippen LogP contribution in [0.1, 0.15) is 20.8 Å². The van der Waals surface area contributed by atoms with Gasteiger partial charge in [0.1, 0.15) is 0 Å². The number of thiophene rings is 1. The molecule has 0 aliphatic heterocycles. The Labute approximate surface area is 73.9 Å². The third kappa shape index (κ3) is 2.14. The van der Waals surface area contributed by atoms with Gasteiger partial charge in [0.25, 0.3) is 0 Å². The molecule has 1 rings (SSSR count). The van der Waals surface area contributed by atoms with Gasteiger partial charge in [-0.3, -0.25) is 4.21 Å². The zero-order valence-corrected chi connectivity index (χ0v) is 8.59. The lowest BCUT2D eigenvalue weighted by Crippen LogP contribution is -2.20. The van der Waals surface area contributed by atoms with Gasteiger partial charge in [-0.15, -0.1) is 11.3 Å². The molecule has 62 valence electrons. The van der Waals surface area contributed by atoms with Crippen molar-refractivity contribution in [1.29, 1.82) is 0 Å². The maximum absolute atomic E-state index is 11.6. The second-order valence-electron chi connectivity index (χ2n) is 3.31. The summed E-state index contributed by atoms with van der Waals surface area (Å²) >= 11 is 1.56. The minimum absolute atomic E-state index is 0.134. The van der Waals surface area contributed by atoms with Gasteiger partial charge in [-0.2, -0.15) is 0 Å². The fraction of sp³-hybridized carbons (Fsp3) is 0.500. The van der Waals surface area contributed by atoms with E-state index in [4.69, 9.17) is 0 Å². The maximum Gasteiger partial charge on any atom is 0.0915 e. The van der Waals surface area contributed by atoms with Crippen LogP contribution >= 0.6 is 11.3 Å². The number of hydrogen-bond donors (Lipinski definition) is 0. The molecule has 0 unspecified atom stereocenters. The van der Waals surface area contributed by atoms with Crippen molar-refractivity contribution in [3.63, 3.8) is 0 Å². The van der Waals surface area contributed by atoms with Crippen molar-refractivity contribution in [2.75, 3.05) is 0 Å². The van der Waals surface area contributed by atoms with Gasteiger partial charge in [0.15, 0.2) is 0 Å². The van der Waals surface area contributed by atoms with E-state index in [1.807, 2.05) is 38.3 Å². The monoisotopic (exact) mass is 188 g/mol. The molecule has 11 heavy (non-hydrogen) atoms. The molecule has 0 N–H and O–H groups in total. The average molecular weight is 188 g/mol. The number of hydrogen-bond acceptors (Lipinski definition) is 2. The van der Waals surface area contributed by atoms with Crippen molar-refractivity contribution in [3.05, 3.63) is 17.5 Å². The Bertz CT molecular complexity index is 244. The summed E-state index contributed by atoms with van der Waals surface area (Å²) in [7, 11) is -0.851. The van der Waals surface area contributed by atoms with E-state index in [2.05, 4.69) is 0 Å². The first-order chi connectivity index (χ1) is 5.02. The van der Waals surface area contributed by atoms with Crippen molar-refractivity contribution in [2.24, 2.45) is 0 Å². The summed E-state index contributed by atoms with van der Waals surface area (Å²) in [5, 5.41) is 1.96. The Morgan fingerprint density at radius 2 is 2.09 bits per heavy atom. The van der Waals surface area contributed by atoms with Gasteiger partial charge in [0.2, 0.25) is 0 Å². The van der Waals surface area contributed by atoms with Gasteiger partial charge in [-0.05, 0) is 32.2 Å². The van der Waals surface area contributed by atoms with Crippen molar-refractivity contribution >= 4 is 22.1 Å². The van der Waals surface area contributed by atoms with Crippen molar-refractivity contribution in [3.8, 4) is 0 Å². The quantitative estimate of drug-likeness (QED) is 0.662. The summed E-state index contributed by atoms with van der Waals surface area (Å²) in [6.07, 6.45) is 0. The van der Waals surface area contributed by atoms with Crippen LogP contribution in [0.5, 0.6) is 0 Å². The van der Waals surface area contributed by atoms with E-state index >= 15 is 0 Å². The molecule has 0 aromatic carbocycles. The van der Waals surface area contributed by atoms with Crippen LogP contribution in [0.25, 0.3) is 0 Å². The fourth-order valence-corrected chi connectivity index (χ4v) is 3.19. The maximum atomic E-state index is 11.6. The Hall–Kier alpha value is -0.150. The summed E-state index contributed by atoms with van der Waals surface area (Å²) < 4.78 is 12.5. The second-order valence-corrected chi connectivity index (χ2v) is 6.72. The molecule has 1 aromatic heterocycles. The first kappa shape index (κ1) is 8.94. The molecule has 3 heteroatoms. The molecule has 1 heterocycles. The van der Waals surface area contributed by atoms with E-state index < -0.39 is 10.8 Å². The highest BCUT2D eigenvalue weighted by molar-refractivity contribution is 7.88. The molecule has 0 aliphatic rings. The number of rotatable bonds is 1. The molecule has 1 nitrogen and oxygen atoms in total. The lowest BCUT2D eigenvalue weighted by molar-refractivity contribution is 0.650. The molecular formula is C8H12OS2. The van der Waals surface area contributed by atoms with Crippen LogP contribution in [-0.2, 0) is 10.8 Å². The zero-order valence-electron chi connectivity index (χ0n) is 6.96. The molecule has 0 saturated heterocycles. The molecular weight excluding hydrogens is 176 g/mol. The molecule has 0 aliphatic carbocycles. The summed E-state index contributed by atoms with van der Waals surface area (Å²) in [6.45, 7) is 5.97. The SMILES string of the molecule is CC(C)(C)[S@](=O)c1cccs1. The normalized spacial score (nSPS) is 14.8. The van der Waals surface area contributed by atoms with Crippen LogP contribution < -0.4 is 0 Å². The minimum atomic E-state index is -0.851. The molecule has 0 amide bonds. The Morgan fingerprint density at radius 1 is 1.45 bits per heavy atom. The molecule has 0 fully saturated rings. The van der Waals surface area contributed by atoms with Crippen molar-refractivity contribution in [1.82, 2.24) is 0 Å². The van der Waals surface area contributed by atoms with Crippen LogP contribution in [0.15, 0.2) is 21.7 Å². The first-order valence-electron chi connectivity index (χ1n) is 3.47. The van der Waals surface area contributed by atoms with Crippen molar-refractivity contribution < 1.29 is 4.21 Å². The topological polar surface area (TPSA) is 17.1 Å². The van der Waals surface area contributed by atoms with E-state index in [-0.39, 0.29) is 4.75 Å². The van der Waals surface area contributed by atoms with Crippen LogP contribution in [0.3, 0.4) is 0 Å². The molecule has 0 radical (unpaired) electrons. The smallest absolute Gasteiger partial charge is 0.0915 e. The van der Waals surface area contributed by atoms with Gasteiger partial charge < -0.3 is 0 Å². The molecule has 1 aromatic rings. The Balaban J connectivity index is 2.88. The highest BCUT2D eigenvalue weighted by Gasteiger charge is 2.21. The second kappa shape index (κ2) is 3.07. The van der Waals surface area contributed by atoms with E-state index in [1.54, 1.807) is 11.3 Å². The van der Waals surface area contributed by atoms with Crippen LogP contribution in [0.2, 0.25) is 0 Å². The Kier molecular flexibility index (Phi) is 2.50. The average Bonchev–Trinajstić information content (AvgIpc) is 2.34. The lowest BCUT2D eigenvalue weighted by Gasteiger charge is -2.15. The third-order valence-electron chi connectivity index (χ3n) is 1.23. The van der Waals surface area contributed by atoms with Gasteiger partial charge in [0.05, 0.1) is 15.0 Å². The molecule has 1 atom stereocenters. The molecule has 0 bridgehead atoms. The minimum Gasteiger partial charge on any atom is -0.253 e. The highest BCUT2D eigenvalue weighted by Crippen LogP contribution is 2.23. The van der Waals surface area contributed by atoms with Crippen molar-refractivity contribution in [2.45, 2.75) is 29.7 Å². The third-order valence-corrected chi connectivity index (χ3v) is 4.25. The first-order valence-corrected chi connectivity index (χ1v) is 5.50. The van der Waals surface area contributed by atoms with E-state index in [0.29, 0.717) is 0 Å². The summed E-state index contributed by atoms with van der Waals surface area (Å²) in [5.41, 5.74) is 0. The standard InChI is InChI=1S/C8H12OS2/c1-8(2,3)11(9)7-5-4-6-10-7/h4-6H,1-3H3/t11-/m1/s1. The molecule has 0 spiro atoms. The Morgan fingerprint density at radius 3 is 2.45 bits per heavy atom. The largest absolute Gasteiger partial charge is 0.253 e. The fourth-order valence-electron chi connectivity index (χ4n) is 0.671. The van der Waals surface area contributed by atoms with Gasteiger partial charge in [0, 0.05) is 4.75 Å². The lowest BCUT2D eigenvalue weighted by atomic mass is 10.3. The van der Waals surface area contributed by atoms with Crippen LogP contribution in [0, 0.1) is 0 Å². The van der Waals surface area contributed by atoms with Gasteiger partial charge in [-0.25, -0.2) is 0 Å². The summed E-state index contributed by atoms with van der Waals surface area (Å²) in [5.74, 6) is 0. The molecule has 0 saturated carbocycles. The van der Waals surface area contributed by atoms with E-state index in [9.17, 15) is 4.21 Å². The van der Waals surface area contributed by atoms with Crippen LogP contribution in [-0.4, -0.2) is 8.96 Å². The van der Waals surface area contributed by atoms with Crippen LogP contribution in [0.4, 0.5) is 0 Å². The van der Waals surface area contributed by atoms with Gasteiger partial charge in [-0.1, -0.05) is 6.07 Å². The van der Waals surface area contributed by atoms with Gasteiger partial charge >= 0.3 is 0 Å². The zero-order chi connectivity index (χ0) is 8.48. The summed E-state index contributed by atoms with van der Waals surface area (Å²) in [6, 6.07) is 3.86.